The molecule has 0 aliphatic heterocycles. The van der Waals surface area contributed by atoms with Crippen molar-refractivity contribution in [3.05, 3.63) is 36.0 Å². The smallest absolute Gasteiger partial charge is 0.0480 e. The first kappa shape index (κ1) is 11.3. The van der Waals surface area contributed by atoms with Crippen LogP contribution in [0.1, 0.15) is 32.8 Å². The summed E-state index contributed by atoms with van der Waals surface area (Å²) in [5, 5.41) is 1.41. The van der Waals surface area contributed by atoms with E-state index in [4.69, 9.17) is 0 Å². The van der Waals surface area contributed by atoms with E-state index in [0.717, 1.165) is 6.42 Å². The van der Waals surface area contributed by atoms with Gasteiger partial charge < -0.3 is 4.57 Å². The van der Waals surface area contributed by atoms with Gasteiger partial charge in [-0.05, 0) is 23.5 Å². The Morgan fingerprint density at radius 1 is 1.19 bits per heavy atom. The topological polar surface area (TPSA) is 4.93 Å². The molecule has 0 amide bonds. The summed E-state index contributed by atoms with van der Waals surface area (Å²) >= 11 is 0. The molecule has 2 rings (SSSR count). The van der Waals surface area contributed by atoms with E-state index in [9.17, 15) is 0 Å². The van der Waals surface area contributed by atoms with Gasteiger partial charge >= 0.3 is 0 Å². The van der Waals surface area contributed by atoms with Gasteiger partial charge in [-0.3, -0.25) is 0 Å². The van der Waals surface area contributed by atoms with E-state index in [-0.39, 0.29) is 0 Å². The third kappa shape index (κ3) is 1.99. The zero-order valence-corrected chi connectivity index (χ0v) is 10.7. The second-order valence-electron chi connectivity index (χ2n) is 5.48. The molecular weight excluding hydrogens is 194 g/mol. The molecule has 16 heavy (non-hydrogen) atoms. The fraction of sp³-hybridized carbons (Fsp3) is 0.467. The monoisotopic (exact) mass is 215 g/mol. The summed E-state index contributed by atoms with van der Waals surface area (Å²) in [5.74, 6) is 0. The van der Waals surface area contributed by atoms with E-state index in [1.165, 1.54) is 22.9 Å². The molecule has 1 nitrogen and oxygen atoms in total. The molecule has 2 aromatic rings. The molecule has 1 aromatic carbocycles. The van der Waals surface area contributed by atoms with Crippen LogP contribution in [0.25, 0.3) is 10.9 Å². The van der Waals surface area contributed by atoms with Gasteiger partial charge in [0.2, 0.25) is 0 Å². The second kappa shape index (κ2) is 3.97. The highest BCUT2D eigenvalue weighted by molar-refractivity contribution is 5.83. The lowest BCUT2D eigenvalue weighted by Gasteiger charge is -2.21. The summed E-state index contributed by atoms with van der Waals surface area (Å²) in [6.07, 6.45) is 4.66. The maximum absolute atomic E-state index is 2.34. The van der Waals surface area contributed by atoms with Crippen LogP contribution in [0, 0.1) is 5.41 Å². The van der Waals surface area contributed by atoms with Crippen molar-refractivity contribution in [2.24, 2.45) is 12.5 Å². The summed E-state index contributed by atoms with van der Waals surface area (Å²) in [7, 11) is 2.13. The number of hydrogen-bond acceptors (Lipinski definition) is 0. The van der Waals surface area contributed by atoms with Crippen molar-refractivity contribution in [2.75, 3.05) is 0 Å². The van der Waals surface area contributed by atoms with E-state index < -0.39 is 0 Å². The van der Waals surface area contributed by atoms with Crippen LogP contribution >= 0.6 is 0 Å². The predicted molar refractivity (Wildman–Crippen MR) is 70.7 cm³/mol. The third-order valence-electron chi connectivity index (χ3n) is 3.61. The van der Waals surface area contributed by atoms with E-state index >= 15 is 0 Å². The fourth-order valence-electron chi connectivity index (χ4n) is 2.21. The molecule has 0 N–H and O–H groups in total. The Hall–Kier alpha value is -1.24. The Bertz CT molecular complexity index is 491. The van der Waals surface area contributed by atoms with Crippen LogP contribution in [0.4, 0.5) is 0 Å². The Balaban J connectivity index is 2.46. The van der Waals surface area contributed by atoms with Crippen molar-refractivity contribution in [1.82, 2.24) is 4.57 Å². The van der Waals surface area contributed by atoms with Gasteiger partial charge in [-0.2, -0.15) is 0 Å². The first-order chi connectivity index (χ1) is 7.53. The number of para-hydroxylation sites is 1. The SMILES string of the molecule is CCC(C)(C)Cc1cn(C)c2ccccc12. The number of hydrogen-bond donors (Lipinski definition) is 0. The molecule has 86 valence electrons. The van der Waals surface area contributed by atoms with E-state index in [1.54, 1.807) is 0 Å². The van der Waals surface area contributed by atoms with Crippen molar-refractivity contribution >= 4 is 10.9 Å². The number of aromatic nitrogens is 1. The van der Waals surface area contributed by atoms with Gasteiger partial charge in [0.05, 0.1) is 0 Å². The largest absolute Gasteiger partial charge is 0.350 e. The zero-order chi connectivity index (χ0) is 11.8. The summed E-state index contributed by atoms with van der Waals surface area (Å²) < 4.78 is 2.23. The van der Waals surface area contributed by atoms with Crippen LogP contribution in [0.3, 0.4) is 0 Å². The minimum atomic E-state index is 0.393. The van der Waals surface area contributed by atoms with Gasteiger partial charge in [-0.25, -0.2) is 0 Å². The van der Waals surface area contributed by atoms with Crippen LogP contribution in [0.15, 0.2) is 30.5 Å². The normalized spacial score (nSPS) is 12.2. The Kier molecular flexibility index (Phi) is 2.79. The molecule has 0 fully saturated rings. The lowest BCUT2D eigenvalue weighted by Crippen LogP contribution is -2.12. The van der Waals surface area contributed by atoms with Crippen LogP contribution < -0.4 is 0 Å². The summed E-state index contributed by atoms with van der Waals surface area (Å²) in [5.41, 5.74) is 3.21. The summed E-state index contributed by atoms with van der Waals surface area (Å²) in [6.45, 7) is 6.95. The van der Waals surface area contributed by atoms with Crippen molar-refractivity contribution in [2.45, 2.75) is 33.6 Å². The van der Waals surface area contributed by atoms with Crippen molar-refractivity contribution < 1.29 is 0 Å². The van der Waals surface area contributed by atoms with Gasteiger partial charge in [-0.15, -0.1) is 0 Å². The van der Waals surface area contributed by atoms with E-state index in [1.807, 2.05) is 0 Å². The molecule has 1 aromatic heterocycles. The molecule has 0 bridgehead atoms. The van der Waals surface area contributed by atoms with Crippen molar-refractivity contribution in [3.63, 3.8) is 0 Å². The van der Waals surface area contributed by atoms with Gasteiger partial charge in [0.15, 0.2) is 0 Å². The summed E-state index contributed by atoms with van der Waals surface area (Å²) in [4.78, 5) is 0. The molecule has 1 heteroatoms. The highest BCUT2D eigenvalue weighted by atomic mass is 14.9. The van der Waals surface area contributed by atoms with Crippen LogP contribution in [0.2, 0.25) is 0 Å². The summed E-state index contributed by atoms with van der Waals surface area (Å²) in [6, 6.07) is 8.66. The zero-order valence-electron chi connectivity index (χ0n) is 10.7. The first-order valence-electron chi connectivity index (χ1n) is 6.06. The first-order valence-corrected chi connectivity index (χ1v) is 6.06. The van der Waals surface area contributed by atoms with Crippen LogP contribution in [-0.4, -0.2) is 4.57 Å². The fourth-order valence-corrected chi connectivity index (χ4v) is 2.21. The predicted octanol–water partition coefficient (Wildman–Crippen LogP) is 4.16. The number of fused-ring (bicyclic) bond motifs is 1. The Morgan fingerprint density at radius 2 is 1.88 bits per heavy atom. The quantitative estimate of drug-likeness (QED) is 0.724. The molecular formula is C15H21N. The standard InChI is InChI=1S/C15H21N/c1-5-15(2,3)10-12-11-16(4)14-9-7-6-8-13(12)14/h6-9,11H,5,10H2,1-4H3. The lowest BCUT2D eigenvalue weighted by molar-refractivity contribution is 0.350. The average molecular weight is 215 g/mol. The molecule has 0 saturated heterocycles. The number of benzene rings is 1. The molecule has 1 heterocycles. The Morgan fingerprint density at radius 3 is 2.56 bits per heavy atom. The van der Waals surface area contributed by atoms with E-state index in [0.29, 0.717) is 5.41 Å². The molecule has 0 spiro atoms. The van der Waals surface area contributed by atoms with Gasteiger partial charge in [0.1, 0.15) is 0 Å². The highest BCUT2D eigenvalue weighted by Gasteiger charge is 2.18. The Labute approximate surface area is 98.1 Å². The highest BCUT2D eigenvalue weighted by Crippen LogP contribution is 2.30. The maximum Gasteiger partial charge on any atom is 0.0480 e. The van der Waals surface area contributed by atoms with Gasteiger partial charge in [0.25, 0.3) is 0 Å². The maximum atomic E-state index is 2.34. The molecule has 0 unspecified atom stereocenters. The van der Waals surface area contributed by atoms with Crippen LogP contribution in [0.5, 0.6) is 0 Å². The number of rotatable bonds is 3. The molecule has 0 atom stereocenters. The minimum Gasteiger partial charge on any atom is -0.350 e. The van der Waals surface area contributed by atoms with Gasteiger partial charge in [-0.1, -0.05) is 45.4 Å². The minimum absolute atomic E-state index is 0.393. The second-order valence-corrected chi connectivity index (χ2v) is 5.48. The van der Waals surface area contributed by atoms with Crippen molar-refractivity contribution in [1.29, 1.82) is 0 Å². The van der Waals surface area contributed by atoms with Crippen molar-refractivity contribution in [3.8, 4) is 0 Å². The lowest BCUT2D eigenvalue weighted by atomic mass is 9.83. The van der Waals surface area contributed by atoms with E-state index in [2.05, 4.69) is 62.8 Å². The molecule has 0 aliphatic rings. The van der Waals surface area contributed by atoms with Crippen LogP contribution in [-0.2, 0) is 13.5 Å². The average Bonchev–Trinajstić information content (AvgIpc) is 2.56. The number of nitrogens with zero attached hydrogens (tertiary/aromatic N) is 1. The molecule has 0 saturated carbocycles. The number of aryl methyl sites for hydroxylation is 1. The molecule has 0 radical (unpaired) electrons. The third-order valence-corrected chi connectivity index (χ3v) is 3.61. The van der Waals surface area contributed by atoms with Gasteiger partial charge in [0, 0.05) is 24.1 Å². The molecule has 0 aliphatic carbocycles.